The highest BCUT2D eigenvalue weighted by molar-refractivity contribution is 5.91. The van der Waals surface area contributed by atoms with E-state index in [0.717, 1.165) is 23.5 Å². The molecule has 1 aromatic carbocycles. The molecule has 0 atom stereocenters. The molecular weight excluding hydrogens is 308 g/mol. The number of aryl methyl sites for hydroxylation is 1. The van der Waals surface area contributed by atoms with Crippen LogP contribution in [0.25, 0.3) is 5.69 Å². The number of benzene rings is 1. The first-order valence-electron chi connectivity index (χ1n) is 7.96. The molecule has 1 heterocycles. The Labute approximate surface area is 141 Å². The second-order valence-electron chi connectivity index (χ2n) is 5.35. The molecule has 0 unspecified atom stereocenters. The quantitative estimate of drug-likeness (QED) is 0.762. The van der Waals surface area contributed by atoms with Crippen LogP contribution in [0.3, 0.4) is 0 Å². The number of aromatic nitrogens is 2. The molecule has 0 amide bonds. The molecule has 0 aliphatic heterocycles. The number of hydrogen-bond acceptors (Lipinski definition) is 5. The van der Waals surface area contributed by atoms with Gasteiger partial charge in [0.1, 0.15) is 0 Å². The molecule has 128 valence electrons. The van der Waals surface area contributed by atoms with Gasteiger partial charge in [-0.3, -0.25) is 0 Å². The standard InChI is InChI=1S/C18H22N2O4/c1-5-16-12(3)19-20(13(16)4)15-9-7-8-14(10-15)18(22)24-11-17(21)23-6-2/h7-10H,5-6,11H2,1-4H3. The summed E-state index contributed by atoms with van der Waals surface area (Å²) in [6.07, 6.45) is 0.902. The summed E-state index contributed by atoms with van der Waals surface area (Å²) in [7, 11) is 0. The van der Waals surface area contributed by atoms with E-state index in [9.17, 15) is 9.59 Å². The van der Waals surface area contributed by atoms with E-state index in [1.54, 1.807) is 25.1 Å². The van der Waals surface area contributed by atoms with Crippen LogP contribution in [0.15, 0.2) is 24.3 Å². The van der Waals surface area contributed by atoms with Crippen molar-refractivity contribution >= 4 is 11.9 Å². The van der Waals surface area contributed by atoms with E-state index < -0.39 is 18.5 Å². The van der Waals surface area contributed by atoms with Crippen molar-refractivity contribution in [3.63, 3.8) is 0 Å². The molecule has 6 heteroatoms. The van der Waals surface area contributed by atoms with Crippen LogP contribution in [0.4, 0.5) is 0 Å². The van der Waals surface area contributed by atoms with Crippen LogP contribution in [-0.2, 0) is 20.7 Å². The van der Waals surface area contributed by atoms with Gasteiger partial charge in [-0.15, -0.1) is 0 Å². The molecule has 2 aromatic rings. The highest BCUT2D eigenvalue weighted by Crippen LogP contribution is 2.19. The largest absolute Gasteiger partial charge is 0.463 e. The average molecular weight is 330 g/mol. The summed E-state index contributed by atoms with van der Waals surface area (Å²) in [5, 5.41) is 4.54. The lowest BCUT2D eigenvalue weighted by Gasteiger charge is -2.08. The third kappa shape index (κ3) is 3.82. The van der Waals surface area contributed by atoms with E-state index in [1.807, 2.05) is 24.6 Å². The molecule has 24 heavy (non-hydrogen) atoms. The zero-order valence-electron chi connectivity index (χ0n) is 14.5. The molecule has 0 bridgehead atoms. The maximum atomic E-state index is 12.1. The number of ether oxygens (including phenoxy) is 2. The lowest BCUT2D eigenvalue weighted by atomic mass is 10.1. The van der Waals surface area contributed by atoms with Gasteiger partial charge in [-0.05, 0) is 51.0 Å². The molecular formula is C18H22N2O4. The SMILES string of the molecule is CCOC(=O)COC(=O)c1cccc(-n2nc(C)c(CC)c2C)c1. The zero-order chi connectivity index (χ0) is 17.7. The Hall–Kier alpha value is -2.63. The van der Waals surface area contributed by atoms with Crippen LogP contribution >= 0.6 is 0 Å². The van der Waals surface area contributed by atoms with Gasteiger partial charge < -0.3 is 9.47 Å². The molecule has 6 nitrogen and oxygen atoms in total. The Bertz CT molecular complexity index is 749. The summed E-state index contributed by atoms with van der Waals surface area (Å²) in [6.45, 7) is 7.62. The van der Waals surface area contributed by atoms with Crippen LogP contribution in [0.1, 0.15) is 41.2 Å². The van der Waals surface area contributed by atoms with E-state index >= 15 is 0 Å². The Morgan fingerprint density at radius 1 is 1.17 bits per heavy atom. The zero-order valence-corrected chi connectivity index (χ0v) is 14.5. The van der Waals surface area contributed by atoms with E-state index in [4.69, 9.17) is 9.47 Å². The van der Waals surface area contributed by atoms with Gasteiger partial charge in [0, 0.05) is 5.69 Å². The fourth-order valence-electron chi connectivity index (χ4n) is 2.61. The number of carbonyl (C=O) groups is 2. The Kier molecular flexibility index (Phi) is 5.73. The Balaban J connectivity index is 2.20. The fraction of sp³-hybridized carbons (Fsp3) is 0.389. The monoisotopic (exact) mass is 330 g/mol. The van der Waals surface area contributed by atoms with Gasteiger partial charge in [0.2, 0.25) is 0 Å². The van der Waals surface area contributed by atoms with E-state index in [1.165, 1.54) is 5.56 Å². The maximum absolute atomic E-state index is 12.1. The summed E-state index contributed by atoms with van der Waals surface area (Å²) >= 11 is 0. The minimum atomic E-state index is -0.567. The van der Waals surface area contributed by atoms with Gasteiger partial charge in [0.05, 0.1) is 23.6 Å². The third-order valence-corrected chi connectivity index (χ3v) is 3.75. The summed E-state index contributed by atoms with van der Waals surface area (Å²) in [5.41, 5.74) is 4.37. The van der Waals surface area contributed by atoms with Crippen LogP contribution in [-0.4, -0.2) is 34.9 Å². The molecule has 0 radical (unpaired) electrons. The highest BCUT2D eigenvalue weighted by Gasteiger charge is 2.14. The number of hydrogen-bond donors (Lipinski definition) is 0. The fourth-order valence-corrected chi connectivity index (χ4v) is 2.61. The molecule has 0 aliphatic carbocycles. The van der Waals surface area contributed by atoms with Gasteiger partial charge in [-0.25, -0.2) is 14.3 Å². The van der Waals surface area contributed by atoms with Crippen LogP contribution in [0, 0.1) is 13.8 Å². The maximum Gasteiger partial charge on any atom is 0.344 e. The molecule has 0 N–H and O–H groups in total. The summed E-state index contributed by atoms with van der Waals surface area (Å²) in [4.78, 5) is 23.4. The Morgan fingerprint density at radius 2 is 1.92 bits per heavy atom. The summed E-state index contributed by atoms with van der Waals surface area (Å²) < 4.78 is 11.5. The lowest BCUT2D eigenvalue weighted by molar-refractivity contribution is -0.146. The van der Waals surface area contributed by atoms with Crippen molar-refractivity contribution in [2.75, 3.05) is 13.2 Å². The predicted octanol–water partition coefficient (Wildman–Crippen LogP) is 2.77. The number of nitrogens with zero attached hydrogens (tertiary/aromatic N) is 2. The molecule has 2 rings (SSSR count). The molecule has 0 fully saturated rings. The number of carbonyl (C=O) groups excluding carboxylic acids is 2. The van der Waals surface area contributed by atoms with Gasteiger partial charge in [-0.1, -0.05) is 13.0 Å². The summed E-state index contributed by atoms with van der Waals surface area (Å²) in [5.74, 6) is -1.13. The predicted molar refractivity (Wildman–Crippen MR) is 89.3 cm³/mol. The first-order valence-corrected chi connectivity index (χ1v) is 7.96. The molecule has 1 aromatic heterocycles. The van der Waals surface area contributed by atoms with Crippen LogP contribution in [0.5, 0.6) is 0 Å². The topological polar surface area (TPSA) is 70.4 Å². The summed E-state index contributed by atoms with van der Waals surface area (Å²) in [6, 6.07) is 6.98. The van der Waals surface area contributed by atoms with Crippen molar-refractivity contribution in [2.24, 2.45) is 0 Å². The smallest absolute Gasteiger partial charge is 0.344 e. The number of esters is 2. The minimum absolute atomic E-state index is 0.254. The lowest BCUT2D eigenvalue weighted by Crippen LogP contribution is -2.16. The van der Waals surface area contributed by atoms with Gasteiger partial charge in [0.15, 0.2) is 6.61 Å². The highest BCUT2D eigenvalue weighted by atomic mass is 16.6. The van der Waals surface area contributed by atoms with Crippen LogP contribution < -0.4 is 0 Å². The molecule has 0 aliphatic rings. The normalized spacial score (nSPS) is 10.5. The first-order chi connectivity index (χ1) is 11.5. The number of rotatable bonds is 6. The van der Waals surface area contributed by atoms with Gasteiger partial charge >= 0.3 is 11.9 Å². The average Bonchev–Trinajstić information content (AvgIpc) is 2.87. The molecule has 0 spiro atoms. The van der Waals surface area contributed by atoms with Gasteiger partial charge in [-0.2, -0.15) is 5.10 Å². The molecule has 0 saturated heterocycles. The Morgan fingerprint density at radius 3 is 2.54 bits per heavy atom. The minimum Gasteiger partial charge on any atom is -0.463 e. The van der Waals surface area contributed by atoms with Crippen molar-refractivity contribution in [2.45, 2.75) is 34.1 Å². The van der Waals surface area contributed by atoms with Crippen molar-refractivity contribution in [1.29, 1.82) is 0 Å². The van der Waals surface area contributed by atoms with Crippen LogP contribution in [0.2, 0.25) is 0 Å². The van der Waals surface area contributed by atoms with E-state index in [2.05, 4.69) is 12.0 Å². The second-order valence-corrected chi connectivity index (χ2v) is 5.35. The van der Waals surface area contributed by atoms with E-state index in [-0.39, 0.29) is 6.61 Å². The van der Waals surface area contributed by atoms with Crippen molar-refractivity contribution in [3.8, 4) is 5.69 Å². The van der Waals surface area contributed by atoms with Gasteiger partial charge in [0.25, 0.3) is 0 Å². The van der Waals surface area contributed by atoms with E-state index in [0.29, 0.717) is 5.56 Å². The first kappa shape index (κ1) is 17.7. The third-order valence-electron chi connectivity index (χ3n) is 3.75. The molecule has 0 saturated carbocycles. The van der Waals surface area contributed by atoms with Crippen molar-refractivity contribution in [1.82, 2.24) is 9.78 Å². The second kappa shape index (κ2) is 7.77. The van der Waals surface area contributed by atoms with Crippen molar-refractivity contribution in [3.05, 3.63) is 46.8 Å². The van der Waals surface area contributed by atoms with Crippen molar-refractivity contribution < 1.29 is 19.1 Å².